The molecule has 0 atom stereocenters. The summed E-state index contributed by atoms with van der Waals surface area (Å²) in [7, 11) is 0. The Morgan fingerprint density at radius 1 is 0.886 bits per heavy atom. The largest absolute Gasteiger partial charge is 0.355 e. The lowest BCUT2D eigenvalue weighted by molar-refractivity contribution is -0.126. The zero-order valence-electron chi connectivity index (χ0n) is 19.5. The highest BCUT2D eigenvalue weighted by atomic mass is 32.1. The molecule has 0 saturated carbocycles. The van der Waals surface area contributed by atoms with Gasteiger partial charge in [0.05, 0.1) is 17.8 Å². The van der Waals surface area contributed by atoms with Crippen LogP contribution in [-0.2, 0) is 16.0 Å². The molecule has 3 amide bonds. The van der Waals surface area contributed by atoms with E-state index < -0.39 is 0 Å². The first-order chi connectivity index (χ1) is 17.1. The maximum absolute atomic E-state index is 12.7. The van der Waals surface area contributed by atoms with Gasteiger partial charge in [0.1, 0.15) is 0 Å². The van der Waals surface area contributed by atoms with Crippen LogP contribution >= 0.6 is 11.3 Å². The average Bonchev–Trinajstić information content (AvgIpc) is 3.39. The third-order valence-electron chi connectivity index (χ3n) is 6.05. The number of anilines is 2. The molecule has 7 nitrogen and oxygen atoms in total. The van der Waals surface area contributed by atoms with Gasteiger partial charge < -0.3 is 16.0 Å². The summed E-state index contributed by atoms with van der Waals surface area (Å²) in [6.45, 7) is 2.25. The van der Waals surface area contributed by atoms with Crippen LogP contribution in [0.25, 0.3) is 0 Å². The second kappa shape index (κ2) is 12.3. The van der Waals surface area contributed by atoms with Crippen molar-refractivity contribution >= 4 is 40.4 Å². The van der Waals surface area contributed by atoms with Crippen LogP contribution in [0.2, 0.25) is 0 Å². The summed E-state index contributed by atoms with van der Waals surface area (Å²) in [5.41, 5.74) is 1.57. The molecule has 0 aliphatic carbocycles. The number of nitrogens with zero attached hydrogens (tertiary/aromatic N) is 1. The fourth-order valence-electron chi connectivity index (χ4n) is 4.16. The van der Waals surface area contributed by atoms with Gasteiger partial charge in [-0.3, -0.25) is 19.3 Å². The molecule has 1 aliphatic heterocycles. The van der Waals surface area contributed by atoms with Gasteiger partial charge in [0.2, 0.25) is 11.8 Å². The predicted molar refractivity (Wildman–Crippen MR) is 140 cm³/mol. The lowest BCUT2D eigenvalue weighted by Gasteiger charge is -2.30. The fourth-order valence-corrected chi connectivity index (χ4v) is 4.87. The first-order valence-electron chi connectivity index (χ1n) is 11.9. The van der Waals surface area contributed by atoms with Crippen molar-refractivity contribution in [2.45, 2.75) is 19.3 Å². The summed E-state index contributed by atoms with van der Waals surface area (Å²) in [6.07, 6.45) is 2.32. The van der Waals surface area contributed by atoms with Crippen LogP contribution in [0.15, 0.2) is 72.1 Å². The summed E-state index contributed by atoms with van der Waals surface area (Å²) in [5.74, 6) is -0.370. The van der Waals surface area contributed by atoms with Gasteiger partial charge in [-0.15, -0.1) is 11.3 Å². The Balaban J connectivity index is 1.22. The minimum Gasteiger partial charge on any atom is -0.355 e. The van der Waals surface area contributed by atoms with Crippen molar-refractivity contribution in [1.82, 2.24) is 10.2 Å². The third-order valence-corrected chi connectivity index (χ3v) is 6.99. The van der Waals surface area contributed by atoms with Crippen LogP contribution in [0.3, 0.4) is 0 Å². The van der Waals surface area contributed by atoms with Crippen molar-refractivity contribution in [2.24, 2.45) is 5.92 Å². The Bertz CT molecular complexity index is 1130. The lowest BCUT2D eigenvalue weighted by atomic mass is 9.96. The van der Waals surface area contributed by atoms with E-state index in [2.05, 4.69) is 26.9 Å². The number of hydrogen-bond donors (Lipinski definition) is 3. The van der Waals surface area contributed by atoms with Crippen LogP contribution < -0.4 is 16.0 Å². The number of hydrogen-bond acceptors (Lipinski definition) is 5. The number of piperidine rings is 1. The highest BCUT2D eigenvalue weighted by Gasteiger charge is 2.26. The normalized spacial score (nSPS) is 14.3. The molecule has 2 aromatic carbocycles. The molecule has 4 rings (SSSR count). The van der Waals surface area contributed by atoms with Gasteiger partial charge in [-0.2, -0.15) is 0 Å². The van der Waals surface area contributed by atoms with Gasteiger partial charge in [0.15, 0.2) is 0 Å². The van der Waals surface area contributed by atoms with Crippen molar-refractivity contribution < 1.29 is 14.4 Å². The molecule has 182 valence electrons. The van der Waals surface area contributed by atoms with Crippen molar-refractivity contribution in [1.29, 1.82) is 0 Å². The molecule has 8 heteroatoms. The monoisotopic (exact) mass is 490 g/mol. The number of rotatable bonds is 9. The first-order valence-corrected chi connectivity index (χ1v) is 12.7. The standard InChI is InChI=1S/C27H30N4O3S/c32-25(30-24-11-5-4-10-23(24)27(34)29-21-7-2-1-3-8-21)19-31-16-13-20(14-17-31)26(33)28-15-12-22-9-6-18-35-22/h1-11,18,20H,12-17,19H2,(H,28,33)(H,29,34)(H,30,32). The van der Waals surface area contributed by atoms with Crippen molar-refractivity contribution in [3.63, 3.8) is 0 Å². The van der Waals surface area contributed by atoms with Crippen LogP contribution in [0, 0.1) is 5.92 Å². The number of benzene rings is 2. The lowest BCUT2D eigenvalue weighted by Crippen LogP contribution is -2.43. The molecule has 1 saturated heterocycles. The second-order valence-corrected chi connectivity index (χ2v) is 9.62. The Hall–Kier alpha value is -3.49. The molecule has 2 heterocycles. The number of para-hydroxylation sites is 2. The van der Waals surface area contributed by atoms with E-state index in [-0.39, 0.29) is 30.2 Å². The van der Waals surface area contributed by atoms with Crippen LogP contribution in [0.5, 0.6) is 0 Å². The SMILES string of the molecule is O=C(CN1CCC(C(=O)NCCc2cccs2)CC1)Nc1ccccc1C(=O)Nc1ccccc1. The molecule has 0 spiro atoms. The van der Waals surface area contributed by atoms with Crippen LogP contribution in [-0.4, -0.2) is 48.8 Å². The number of carbonyl (C=O) groups is 3. The highest BCUT2D eigenvalue weighted by Crippen LogP contribution is 2.20. The molecular formula is C27H30N4O3S. The van der Waals surface area contributed by atoms with Crippen LogP contribution in [0.4, 0.5) is 11.4 Å². The predicted octanol–water partition coefficient (Wildman–Crippen LogP) is 4.01. The smallest absolute Gasteiger partial charge is 0.257 e. The van der Waals surface area contributed by atoms with E-state index in [1.807, 2.05) is 41.8 Å². The minimum atomic E-state index is -0.280. The molecule has 3 aromatic rings. The van der Waals surface area contributed by atoms with Crippen molar-refractivity contribution in [3.05, 3.63) is 82.6 Å². The van der Waals surface area contributed by atoms with Crippen molar-refractivity contribution in [2.75, 3.05) is 36.8 Å². The van der Waals surface area contributed by atoms with E-state index in [1.165, 1.54) is 4.88 Å². The minimum absolute atomic E-state index is 0.0138. The van der Waals surface area contributed by atoms with Crippen molar-refractivity contribution in [3.8, 4) is 0 Å². The van der Waals surface area contributed by atoms with E-state index in [4.69, 9.17) is 0 Å². The number of carbonyl (C=O) groups excluding carboxylic acids is 3. The summed E-state index contributed by atoms with van der Waals surface area (Å²) >= 11 is 1.70. The van der Waals surface area contributed by atoms with E-state index in [9.17, 15) is 14.4 Å². The number of likely N-dealkylation sites (tertiary alicyclic amines) is 1. The van der Waals surface area contributed by atoms with E-state index in [1.54, 1.807) is 35.6 Å². The molecule has 0 radical (unpaired) electrons. The Kier molecular flexibility index (Phi) is 8.64. The molecule has 35 heavy (non-hydrogen) atoms. The molecular weight excluding hydrogens is 460 g/mol. The quantitative estimate of drug-likeness (QED) is 0.423. The summed E-state index contributed by atoms with van der Waals surface area (Å²) in [4.78, 5) is 41.3. The maximum Gasteiger partial charge on any atom is 0.257 e. The van der Waals surface area contributed by atoms with E-state index >= 15 is 0 Å². The molecule has 0 bridgehead atoms. The van der Waals surface area contributed by atoms with E-state index in [0.29, 0.717) is 36.6 Å². The van der Waals surface area contributed by atoms with E-state index in [0.717, 1.165) is 19.3 Å². The Morgan fingerprint density at radius 2 is 1.63 bits per heavy atom. The summed E-state index contributed by atoms with van der Waals surface area (Å²) < 4.78 is 0. The van der Waals surface area contributed by atoms with Gasteiger partial charge in [-0.1, -0.05) is 36.4 Å². The summed E-state index contributed by atoms with van der Waals surface area (Å²) in [5, 5.41) is 10.8. The number of nitrogens with one attached hydrogen (secondary N) is 3. The number of amides is 3. The highest BCUT2D eigenvalue weighted by molar-refractivity contribution is 7.09. The molecule has 1 aliphatic rings. The fraction of sp³-hybridized carbons (Fsp3) is 0.296. The molecule has 0 unspecified atom stereocenters. The molecule has 1 fully saturated rings. The average molecular weight is 491 g/mol. The second-order valence-electron chi connectivity index (χ2n) is 8.58. The topological polar surface area (TPSA) is 90.5 Å². The Labute approximate surface area is 209 Å². The first kappa shape index (κ1) is 24.6. The van der Waals surface area contributed by atoms with Gasteiger partial charge in [0, 0.05) is 23.0 Å². The van der Waals surface area contributed by atoms with Gasteiger partial charge in [-0.05, 0) is 68.1 Å². The van der Waals surface area contributed by atoms with Crippen LogP contribution in [0.1, 0.15) is 28.1 Å². The Morgan fingerprint density at radius 3 is 2.37 bits per heavy atom. The third kappa shape index (κ3) is 7.24. The number of thiophene rings is 1. The molecule has 3 N–H and O–H groups in total. The zero-order valence-corrected chi connectivity index (χ0v) is 20.4. The maximum atomic E-state index is 12.7. The van der Waals surface area contributed by atoms with Gasteiger partial charge >= 0.3 is 0 Å². The van der Waals surface area contributed by atoms with Gasteiger partial charge in [-0.25, -0.2) is 0 Å². The van der Waals surface area contributed by atoms with Gasteiger partial charge in [0.25, 0.3) is 5.91 Å². The zero-order chi connectivity index (χ0) is 24.5. The summed E-state index contributed by atoms with van der Waals surface area (Å²) in [6, 6.07) is 20.3. The molecule has 1 aromatic heterocycles.